The average molecular weight is 410 g/mol. The molecule has 1 aliphatic heterocycles. The summed E-state index contributed by atoms with van der Waals surface area (Å²) in [5, 5.41) is 5.14. The van der Waals surface area contributed by atoms with Crippen molar-refractivity contribution in [1.29, 1.82) is 0 Å². The fourth-order valence-corrected chi connectivity index (χ4v) is 3.30. The quantitative estimate of drug-likeness (QED) is 0.632. The summed E-state index contributed by atoms with van der Waals surface area (Å²) in [7, 11) is 0. The van der Waals surface area contributed by atoms with E-state index in [1.54, 1.807) is 12.1 Å². The van der Waals surface area contributed by atoms with Crippen molar-refractivity contribution < 1.29 is 19.1 Å². The van der Waals surface area contributed by atoms with Crippen LogP contribution in [0.25, 0.3) is 0 Å². The molecule has 1 saturated heterocycles. The standard InChI is InChI=1S/C22H26N4O4/c1-15(30-21(28)16-6-5-7-18(14-16)25-22(23)29)20(27)24-17-8-10-19(11-9-17)26-12-3-2-4-13-26/h5-11,14-15H,2-4,12-13H2,1H3,(H,24,27)(H3,23,25,29). The first-order valence-electron chi connectivity index (χ1n) is 9.96. The van der Waals surface area contributed by atoms with Crippen LogP contribution in [0.5, 0.6) is 0 Å². The summed E-state index contributed by atoms with van der Waals surface area (Å²) in [6, 6.07) is 13.0. The number of benzene rings is 2. The third-order valence-corrected chi connectivity index (χ3v) is 4.87. The molecule has 2 aromatic carbocycles. The molecule has 3 amide bonds. The van der Waals surface area contributed by atoms with Gasteiger partial charge in [-0.2, -0.15) is 0 Å². The second kappa shape index (κ2) is 9.78. The van der Waals surface area contributed by atoms with Gasteiger partial charge in [0.1, 0.15) is 0 Å². The van der Waals surface area contributed by atoms with Gasteiger partial charge in [-0.3, -0.25) is 4.79 Å². The zero-order chi connectivity index (χ0) is 21.5. The average Bonchev–Trinajstić information content (AvgIpc) is 2.74. The first kappa shape index (κ1) is 21.2. The number of ether oxygens (including phenoxy) is 1. The number of urea groups is 1. The van der Waals surface area contributed by atoms with Gasteiger partial charge in [-0.05, 0) is 68.7 Å². The van der Waals surface area contributed by atoms with Gasteiger partial charge >= 0.3 is 12.0 Å². The Balaban J connectivity index is 1.55. The van der Waals surface area contributed by atoms with Gasteiger partial charge in [0.05, 0.1) is 5.56 Å². The number of carbonyl (C=O) groups excluding carboxylic acids is 3. The highest BCUT2D eigenvalue weighted by molar-refractivity contribution is 5.98. The molecular weight excluding hydrogens is 384 g/mol. The largest absolute Gasteiger partial charge is 0.449 e. The van der Waals surface area contributed by atoms with Crippen LogP contribution in [0.15, 0.2) is 48.5 Å². The van der Waals surface area contributed by atoms with Crippen LogP contribution in [-0.2, 0) is 9.53 Å². The van der Waals surface area contributed by atoms with E-state index in [4.69, 9.17) is 10.5 Å². The van der Waals surface area contributed by atoms with E-state index in [1.165, 1.54) is 38.3 Å². The Hall–Kier alpha value is -3.55. The molecule has 8 heteroatoms. The lowest BCUT2D eigenvalue weighted by Gasteiger charge is -2.28. The van der Waals surface area contributed by atoms with Gasteiger partial charge in [0, 0.05) is 30.2 Å². The van der Waals surface area contributed by atoms with Crippen molar-refractivity contribution in [2.24, 2.45) is 5.73 Å². The predicted octanol–water partition coefficient (Wildman–Crippen LogP) is 3.35. The Morgan fingerprint density at radius 1 is 0.967 bits per heavy atom. The van der Waals surface area contributed by atoms with Gasteiger partial charge < -0.3 is 26.0 Å². The number of hydrogen-bond acceptors (Lipinski definition) is 5. The SMILES string of the molecule is CC(OC(=O)c1cccc(NC(N)=O)c1)C(=O)Nc1ccc(N2CCCCC2)cc1. The molecule has 8 nitrogen and oxygen atoms in total. The van der Waals surface area contributed by atoms with E-state index in [0.717, 1.165) is 18.8 Å². The molecule has 158 valence electrons. The highest BCUT2D eigenvalue weighted by atomic mass is 16.5. The number of nitrogens with two attached hydrogens (primary N) is 1. The third kappa shape index (κ3) is 5.73. The van der Waals surface area contributed by atoms with E-state index >= 15 is 0 Å². The van der Waals surface area contributed by atoms with Gasteiger partial charge in [-0.15, -0.1) is 0 Å². The number of carbonyl (C=O) groups is 3. The van der Waals surface area contributed by atoms with E-state index in [-0.39, 0.29) is 5.56 Å². The molecule has 1 atom stereocenters. The smallest absolute Gasteiger partial charge is 0.338 e. The summed E-state index contributed by atoms with van der Waals surface area (Å²) in [5.74, 6) is -1.10. The summed E-state index contributed by atoms with van der Waals surface area (Å²) in [4.78, 5) is 38.0. The Kier molecular flexibility index (Phi) is 6.90. The van der Waals surface area contributed by atoms with Crippen LogP contribution in [-0.4, -0.2) is 37.1 Å². The molecule has 4 N–H and O–H groups in total. The van der Waals surface area contributed by atoms with Gasteiger partial charge in [-0.1, -0.05) is 6.07 Å². The van der Waals surface area contributed by atoms with Crippen molar-refractivity contribution in [3.63, 3.8) is 0 Å². The van der Waals surface area contributed by atoms with Crippen LogP contribution >= 0.6 is 0 Å². The van der Waals surface area contributed by atoms with Crippen LogP contribution < -0.4 is 21.3 Å². The topological polar surface area (TPSA) is 114 Å². The Morgan fingerprint density at radius 3 is 2.33 bits per heavy atom. The number of amides is 3. The van der Waals surface area contributed by atoms with Crippen LogP contribution in [0.1, 0.15) is 36.5 Å². The molecule has 1 fully saturated rings. The van der Waals surface area contributed by atoms with Gasteiger partial charge in [0.25, 0.3) is 5.91 Å². The number of piperidine rings is 1. The summed E-state index contributed by atoms with van der Waals surface area (Å²) in [6.07, 6.45) is 2.67. The van der Waals surface area contributed by atoms with Crippen LogP contribution in [0.3, 0.4) is 0 Å². The number of rotatable bonds is 6. The van der Waals surface area contributed by atoms with Crippen molar-refractivity contribution >= 4 is 35.0 Å². The predicted molar refractivity (Wildman–Crippen MR) is 116 cm³/mol. The molecule has 3 rings (SSSR count). The lowest BCUT2D eigenvalue weighted by Crippen LogP contribution is -2.30. The van der Waals surface area contributed by atoms with Crippen molar-refractivity contribution in [1.82, 2.24) is 0 Å². The number of esters is 1. The molecule has 0 spiro atoms. The van der Waals surface area contributed by atoms with Gasteiger partial charge in [0.2, 0.25) is 0 Å². The first-order chi connectivity index (χ1) is 14.4. The number of anilines is 3. The molecule has 1 unspecified atom stereocenters. The molecule has 1 heterocycles. The molecule has 0 aliphatic carbocycles. The molecule has 0 radical (unpaired) electrons. The maximum atomic E-state index is 12.4. The zero-order valence-electron chi connectivity index (χ0n) is 16.9. The number of hydrogen-bond donors (Lipinski definition) is 3. The maximum absolute atomic E-state index is 12.4. The summed E-state index contributed by atoms with van der Waals surface area (Å²) in [6.45, 7) is 3.60. The fraction of sp³-hybridized carbons (Fsp3) is 0.318. The first-order valence-corrected chi connectivity index (χ1v) is 9.96. The minimum absolute atomic E-state index is 0.201. The van der Waals surface area contributed by atoms with E-state index < -0.39 is 24.0 Å². The lowest BCUT2D eigenvalue weighted by molar-refractivity contribution is -0.123. The molecule has 0 saturated carbocycles. The van der Waals surface area contributed by atoms with Crippen molar-refractivity contribution in [2.45, 2.75) is 32.3 Å². The zero-order valence-corrected chi connectivity index (χ0v) is 16.9. The van der Waals surface area contributed by atoms with Crippen molar-refractivity contribution in [3.05, 3.63) is 54.1 Å². The third-order valence-electron chi connectivity index (χ3n) is 4.87. The van der Waals surface area contributed by atoms with Crippen LogP contribution in [0.2, 0.25) is 0 Å². The van der Waals surface area contributed by atoms with Crippen molar-refractivity contribution in [2.75, 3.05) is 28.6 Å². The summed E-state index contributed by atoms with van der Waals surface area (Å²) in [5.41, 5.74) is 7.41. The summed E-state index contributed by atoms with van der Waals surface area (Å²) < 4.78 is 5.25. The summed E-state index contributed by atoms with van der Waals surface area (Å²) >= 11 is 0. The minimum atomic E-state index is -0.993. The van der Waals surface area contributed by atoms with Gasteiger partial charge in [-0.25, -0.2) is 9.59 Å². The van der Waals surface area contributed by atoms with Crippen molar-refractivity contribution in [3.8, 4) is 0 Å². The van der Waals surface area contributed by atoms with E-state index in [1.807, 2.05) is 24.3 Å². The minimum Gasteiger partial charge on any atom is -0.449 e. The second-order valence-corrected chi connectivity index (χ2v) is 7.20. The highest BCUT2D eigenvalue weighted by Gasteiger charge is 2.20. The Morgan fingerprint density at radius 2 is 1.67 bits per heavy atom. The molecular formula is C22H26N4O4. The highest BCUT2D eigenvalue weighted by Crippen LogP contribution is 2.22. The molecule has 0 bridgehead atoms. The van der Waals surface area contributed by atoms with Gasteiger partial charge in [0.15, 0.2) is 6.10 Å². The molecule has 0 aromatic heterocycles. The monoisotopic (exact) mass is 410 g/mol. The van der Waals surface area contributed by atoms with E-state index in [2.05, 4.69) is 15.5 Å². The van der Waals surface area contributed by atoms with Crippen LogP contribution in [0, 0.1) is 0 Å². The number of primary amides is 1. The molecule has 30 heavy (non-hydrogen) atoms. The normalized spacial score (nSPS) is 14.5. The number of nitrogens with one attached hydrogen (secondary N) is 2. The molecule has 1 aliphatic rings. The van der Waals surface area contributed by atoms with Crippen LogP contribution in [0.4, 0.5) is 21.9 Å². The van der Waals surface area contributed by atoms with E-state index in [0.29, 0.717) is 11.4 Å². The maximum Gasteiger partial charge on any atom is 0.338 e. The second-order valence-electron chi connectivity index (χ2n) is 7.20. The lowest BCUT2D eigenvalue weighted by atomic mass is 10.1. The molecule has 2 aromatic rings. The van der Waals surface area contributed by atoms with E-state index in [9.17, 15) is 14.4 Å². The fourth-order valence-electron chi connectivity index (χ4n) is 3.30. The Labute approximate surface area is 175 Å². The Bertz CT molecular complexity index is 908. The number of nitrogens with zero attached hydrogens (tertiary/aromatic N) is 1.